The predicted molar refractivity (Wildman–Crippen MR) is 90.1 cm³/mol. The minimum atomic E-state index is 0.268. The quantitative estimate of drug-likeness (QED) is 0.823. The number of anilines is 1. The van der Waals surface area contributed by atoms with E-state index in [1.165, 1.54) is 5.56 Å². The second-order valence-electron chi connectivity index (χ2n) is 5.10. The van der Waals surface area contributed by atoms with Gasteiger partial charge in [0, 0.05) is 22.7 Å². The van der Waals surface area contributed by atoms with E-state index in [1.54, 1.807) is 0 Å². The predicted octanol–water partition coefficient (Wildman–Crippen LogP) is 4.38. The first-order valence-electron chi connectivity index (χ1n) is 6.96. The van der Waals surface area contributed by atoms with E-state index >= 15 is 0 Å². The smallest absolute Gasteiger partial charge is 0.0487 e. The van der Waals surface area contributed by atoms with E-state index in [0.717, 1.165) is 16.6 Å². The van der Waals surface area contributed by atoms with Crippen molar-refractivity contribution in [2.75, 3.05) is 11.9 Å². The fourth-order valence-electron chi connectivity index (χ4n) is 2.36. The van der Waals surface area contributed by atoms with Gasteiger partial charge in [-0.05, 0) is 46.0 Å². The van der Waals surface area contributed by atoms with Crippen molar-refractivity contribution in [2.24, 2.45) is 5.73 Å². The Hall–Kier alpha value is -1.32. The molecule has 2 rings (SSSR count). The molecule has 3 N–H and O–H groups in total. The maximum atomic E-state index is 5.92. The Morgan fingerprint density at radius 1 is 1.05 bits per heavy atom. The van der Waals surface area contributed by atoms with Crippen LogP contribution in [-0.2, 0) is 0 Å². The third kappa shape index (κ3) is 4.09. The Kier molecular flexibility index (Phi) is 5.62. The maximum Gasteiger partial charge on any atom is 0.0487 e. The van der Waals surface area contributed by atoms with E-state index in [1.807, 2.05) is 18.2 Å². The summed E-state index contributed by atoms with van der Waals surface area (Å²) in [5.41, 5.74) is 8.38. The van der Waals surface area contributed by atoms with Gasteiger partial charge in [-0.25, -0.2) is 0 Å². The molecule has 2 aromatic rings. The van der Waals surface area contributed by atoms with Gasteiger partial charge in [-0.1, -0.05) is 49.4 Å². The lowest BCUT2D eigenvalue weighted by molar-refractivity contribution is 0.586. The minimum Gasteiger partial charge on any atom is -0.380 e. The number of nitrogens with two attached hydrogens (primary N) is 1. The average Bonchev–Trinajstić information content (AvgIpc) is 2.49. The molecule has 2 aromatic carbocycles. The first-order valence-corrected chi connectivity index (χ1v) is 7.76. The van der Waals surface area contributed by atoms with Crippen LogP contribution in [0.3, 0.4) is 0 Å². The van der Waals surface area contributed by atoms with Gasteiger partial charge in [0.2, 0.25) is 0 Å². The van der Waals surface area contributed by atoms with Crippen molar-refractivity contribution < 1.29 is 0 Å². The Balaban J connectivity index is 2.01. The monoisotopic (exact) mass is 332 g/mol. The fourth-order valence-corrected chi connectivity index (χ4v) is 2.76. The van der Waals surface area contributed by atoms with E-state index in [2.05, 4.69) is 64.6 Å². The molecule has 2 atom stereocenters. The highest BCUT2D eigenvalue weighted by atomic mass is 79.9. The van der Waals surface area contributed by atoms with Gasteiger partial charge in [0.1, 0.15) is 0 Å². The number of para-hydroxylation sites is 1. The SMILES string of the molecule is CC(CC(CN)Nc1ccccc1Br)c1ccccc1. The number of nitrogens with one attached hydrogen (secondary N) is 1. The third-order valence-electron chi connectivity index (χ3n) is 3.52. The normalized spacial score (nSPS) is 13.8. The molecule has 0 bridgehead atoms. The first kappa shape index (κ1) is 15.1. The van der Waals surface area contributed by atoms with Crippen LogP contribution in [0.2, 0.25) is 0 Å². The van der Waals surface area contributed by atoms with E-state index < -0.39 is 0 Å². The van der Waals surface area contributed by atoms with E-state index in [-0.39, 0.29) is 6.04 Å². The zero-order valence-electron chi connectivity index (χ0n) is 11.7. The summed E-state index contributed by atoms with van der Waals surface area (Å²) in [4.78, 5) is 0. The summed E-state index contributed by atoms with van der Waals surface area (Å²) >= 11 is 3.56. The van der Waals surface area contributed by atoms with Gasteiger partial charge in [-0.15, -0.1) is 0 Å². The molecule has 0 aliphatic rings. The molecule has 2 nitrogen and oxygen atoms in total. The molecule has 0 heterocycles. The maximum absolute atomic E-state index is 5.92. The molecular formula is C17H21BrN2. The Labute approximate surface area is 129 Å². The topological polar surface area (TPSA) is 38.0 Å². The highest BCUT2D eigenvalue weighted by Gasteiger charge is 2.14. The molecule has 0 aromatic heterocycles. The number of halogens is 1. The first-order chi connectivity index (χ1) is 9.70. The van der Waals surface area contributed by atoms with Crippen molar-refractivity contribution in [3.8, 4) is 0 Å². The molecule has 3 heteroatoms. The van der Waals surface area contributed by atoms with Gasteiger partial charge in [0.25, 0.3) is 0 Å². The summed E-state index contributed by atoms with van der Waals surface area (Å²) < 4.78 is 1.07. The van der Waals surface area contributed by atoms with Crippen LogP contribution in [0.25, 0.3) is 0 Å². The lowest BCUT2D eigenvalue weighted by atomic mass is 9.94. The van der Waals surface area contributed by atoms with E-state index in [0.29, 0.717) is 12.5 Å². The number of hydrogen-bond acceptors (Lipinski definition) is 2. The second kappa shape index (κ2) is 7.46. The molecule has 0 fully saturated rings. The Bertz CT molecular complexity index is 528. The number of rotatable bonds is 6. The lowest BCUT2D eigenvalue weighted by Gasteiger charge is -2.23. The van der Waals surface area contributed by atoms with Crippen LogP contribution in [0.1, 0.15) is 24.8 Å². The molecule has 0 saturated carbocycles. The van der Waals surface area contributed by atoms with E-state index in [9.17, 15) is 0 Å². The van der Waals surface area contributed by atoms with Crippen LogP contribution in [-0.4, -0.2) is 12.6 Å². The van der Waals surface area contributed by atoms with Crippen molar-refractivity contribution >= 4 is 21.6 Å². The van der Waals surface area contributed by atoms with Crippen molar-refractivity contribution in [1.29, 1.82) is 0 Å². The zero-order chi connectivity index (χ0) is 14.4. The van der Waals surface area contributed by atoms with Crippen LogP contribution >= 0.6 is 15.9 Å². The molecule has 20 heavy (non-hydrogen) atoms. The molecule has 2 unspecified atom stereocenters. The molecule has 0 aliphatic heterocycles. The summed E-state index contributed by atoms with van der Waals surface area (Å²) in [6.07, 6.45) is 1.02. The summed E-state index contributed by atoms with van der Waals surface area (Å²) in [6, 6.07) is 19.0. The van der Waals surface area contributed by atoms with E-state index in [4.69, 9.17) is 5.73 Å². The summed E-state index contributed by atoms with van der Waals surface area (Å²) in [5, 5.41) is 3.53. The molecule has 0 aliphatic carbocycles. The van der Waals surface area contributed by atoms with Crippen molar-refractivity contribution in [2.45, 2.75) is 25.3 Å². The summed E-state index contributed by atoms with van der Waals surface area (Å²) in [6.45, 7) is 2.87. The Morgan fingerprint density at radius 3 is 2.35 bits per heavy atom. The molecule has 0 spiro atoms. The molecule has 0 radical (unpaired) electrons. The van der Waals surface area contributed by atoms with Crippen LogP contribution in [0.4, 0.5) is 5.69 Å². The van der Waals surface area contributed by atoms with Crippen LogP contribution in [0.15, 0.2) is 59.1 Å². The molecular weight excluding hydrogens is 312 g/mol. The lowest BCUT2D eigenvalue weighted by Crippen LogP contribution is -2.30. The van der Waals surface area contributed by atoms with Gasteiger partial charge in [0.15, 0.2) is 0 Å². The van der Waals surface area contributed by atoms with Gasteiger partial charge in [0.05, 0.1) is 0 Å². The van der Waals surface area contributed by atoms with Gasteiger partial charge < -0.3 is 11.1 Å². The van der Waals surface area contributed by atoms with Crippen LogP contribution in [0, 0.1) is 0 Å². The number of benzene rings is 2. The van der Waals surface area contributed by atoms with Crippen LogP contribution < -0.4 is 11.1 Å². The van der Waals surface area contributed by atoms with Crippen molar-refractivity contribution in [3.63, 3.8) is 0 Å². The summed E-state index contributed by atoms with van der Waals surface area (Å²) in [7, 11) is 0. The standard InChI is InChI=1S/C17H21BrN2/c1-13(14-7-3-2-4-8-14)11-15(12-19)20-17-10-6-5-9-16(17)18/h2-10,13,15,20H,11-12,19H2,1H3. The van der Waals surface area contributed by atoms with Crippen molar-refractivity contribution in [1.82, 2.24) is 0 Å². The highest BCUT2D eigenvalue weighted by Crippen LogP contribution is 2.25. The number of hydrogen-bond donors (Lipinski definition) is 2. The van der Waals surface area contributed by atoms with Gasteiger partial charge >= 0.3 is 0 Å². The third-order valence-corrected chi connectivity index (χ3v) is 4.22. The van der Waals surface area contributed by atoms with Gasteiger partial charge in [-0.2, -0.15) is 0 Å². The Morgan fingerprint density at radius 2 is 1.70 bits per heavy atom. The van der Waals surface area contributed by atoms with Crippen molar-refractivity contribution in [3.05, 3.63) is 64.6 Å². The highest BCUT2D eigenvalue weighted by molar-refractivity contribution is 9.10. The fraction of sp³-hybridized carbons (Fsp3) is 0.294. The molecule has 0 amide bonds. The van der Waals surface area contributed by atoms with Crippen LogP contribution in [0.5, 0.6) is 0 Å². The minimum absolute atomic E-state index is 0.268. The van der Waals surface area contributed by atoms with Gasteiger partial charge in [-0.3, -0.25) is 0 Å². The largest absolute Gasteiger partial charge is 0.380 e. The molecule has 106 valence electrons. The zero-order valence-corrected chi connectivity index (χ0v) is 13.3. The molecule has 0 saturated heterocycles. The average molecular weight is 333 g/mol. The summed E-state index contributed by atoms with van der Waals surface area (Å²) in [5.74, 6) is 0.486. The second-order valence-corrected chi connectivity index (χ2v) is 5.96.